The maximum Gasteiger partial charge on any atom is 0.435 e. The second-order valence-corrected chi connectivity index (χ2v) is 6.86. The second kappa shape index (κ2) is 6.85. The minimum atomic E-state index is -4.60. The van der Waals surface area contributed by atoms with Crippen LogP contribution in [0.3, 0.4) is 0 Å². The summed E-state index contributed by atoms with van der Waals surface area (Å²) in [4.78, 5) is 8.43. The Hall–Kier alpha value is -2.91. The fourth-order valence-electron chi connectivity index (χ4n) is 3.04. The third-order valence-corrected chi connectivity index (χ3v) is 4.61. The summed E-state index contributed by atoms with van der Waals surface area (Å²) < 4.78 is 78.2. The van der Waals surface area contributed by atoms with Crippen LogP contribution in [0.25, 0.3) is 5.95 Å². The van der Waals surface area contributed by atoms with Crippen molar-refractivity contribution in [2.45, 2.75) is 37.5 Å². The monoisotopic (exact) mass is 412 g/mol. The van der Waals surface area contributed by atoms with Gasteiger partial charge in [0.1, 0.15) is 0 Å². The van der Waals surface area contributed by atoms with Crippen molar-refractivity contribution in [3.63, 3.8) is 0 Å². The molecule has 1 fully saturated rings. The number of aromatic nitrogens is 4. The van der Waals surface area contributed by atoms with Crippen LogP contribution in [0.4, 0.5) is 26.3 Å². The topological polar surface area (TPSA) is 43.6 Å². The van der Waals surface area contributed by atoms with Crippen LogP contribution < -0.4 is 0 Å². The third kappa shape index (κ3) is 4.25. The summed E-state index contributed by atoms with van der Waals surface area (Å²) in [5, 5.41) is 3.45. The van der Waals surface area contributed by atoms with Gasteiger partial charge in [0, 0.05) is 18.8 Å². The summed E-state index contributed by atoms with van der Waals surface area (Å²) in [6.45, 7) is 0. The summed E-state index contributed by atoms with van der Waals surface area (Å²) in [6.07, 6.45) is -4.49. The molecule has 1 aliphatic rings. The molecule has 2 heterocycles. The highest BCUT2D eigenvalue weighted by Crippen LogP contribution is 2.41. The van der Waals surface area contributed by atoms with Crippen LogP contribution in [-0.4, -0.2) is 19.7 Å². The fourth-order valence-corrected chi connectivity index (χ4v) is 3.04. The first-order valence-corrected chi connectivity index (χ1v) is 8.76. The van der Waals surface area contributed by atoms with Crippen LogP contribution in [0, 0.1) is 0 Å². The Labute approximate surface area is 161 Å². The highest BCUT2D eigenvalue weighted by molar-refractivity contribution is 5.35. The molecule has 3 aromatic rings. The average molecular weight is 412 g/mol. The highest BCUT2D eigenvalue weighted by atomic mass is 19.4. The first kappa shape index (κ1) is 19.4. The number of hydrogen-bond donors (Lipinski definition) is 0. The first-order chi connectivity index (χ1) is 13.6. The van der Waals surface area contributed by atoms with E-state index in [1.807, 2.05) is 0 Å². The summed E-state index contributed by atoms with van der Waals surface area (Å²) in [6, 6.07) is 5.72. The zero-order valence-electron chi connectivity index (χ0n) is 14.8. The lowest BCUT2D eigenvalue weighted by atomic mass is 10.0. The molecule has 2 aromatic heterocycles. The largest absolute Gasteiger partial charge is 0.435 e. The molecule has 1 saturated carbocycles. The molecule has 29 heavy (non-hydrogen) atoms. The van der Waals surface area contributed by atoms with E-state index in [2.05, 4.69) is 15.1 Å². The Bertz CT molecular complexity index is 1030. The lowest BCUT2D eigenvalue weighted by molar-refractivity contribution is -0.141. The van der Waals surface area contributed by atoms with Gasteiger partial charge in [-0.15, -0.1) is 0 Å². The molecule has 0 atom stereocenters. The number of nitrogens with zero attached hydrogens (tertiary/aromatic N) is 4. The van der Waals surface area contributed by atoms with Crippen molar-refractivity contribution in [3.05, 3.63) is 70.8 Å². The zero-order chi connectivity index (χ0) is 20.8. The van der Waals surface area contributed by atoms with Gasteiger partial charge in [0.05, 0.1) is 11.3 Å². The lowest BCUT2D eigenvalue weighted by Gasteiger charge is -2.12. The Morgan fingerprint density at radius 2 is 1.76 bits per heavy atom. The van der Waals surface area contributed by atoms with Crippen molar-refractivity contribution in [1.82, 2.24) is 19.7 Å². The number of benzene rings is 1. The molecule has 0 amide bonds. The fraction of sp³-hybridized carbons (Fsp3) is 0.316. The molecule has 0 aliphatic heterocycles. The number of rotatable bonds is 4. The van der Waals surface area contributed by atoms with Gasteiger partial charge >= 0.3 is 12.4 Å². The van der Waals surface area contributed by atoms with E-state index >= 15 is 0 Å². The van der Waals surface area contributed by atoms with Crippen molar-refractivity contribution >= 4 is 0 Å². The molecule has 1 aromatic carbocycles. The molecule has 4 nitrogen and oxygen atoms in total. The van der Waals surface area contributed by atoms with Gasteiger partial charge in [-0.05, 0) is 42.0 Å². The van der Waals surface area contributed by atoms with E-state index in [1.165, 1.54) is 12.3 Å². The maximum absolute atomic E-state index is 13.0. The summed E-state index contributed by atoms with van der Waals surface area (Å²) in [7, 11) is 0. The van der Waals surface area contributed by atoms with Crippen LogP contribution in [-0.2, 0) is 18.8 Å². The van der Waals surface area contributed by atoms with Crippen LogP contribution in [0.5, 0.6) is 0 Å². The van der Waals surface area contributed by atoms with Gasteiger partial charge in [-0.3, -0.25) is 0 Å². The summed E-state index contributed by atoms with van der Waals surface area (Å²) in [5.74, 6) is 0.153. The van der Waals surface area contributed by atoms with Gasteiger partial charge in [-0.25, -0.2) is 14.6 Å². The first-order valence-electron chi connectivity index (χ1n) is 8.76. The van der Waals surface area contributed by atoms with Crippen LogP contribution in [0.15, 0.2) is 42.7 Å². The van der Waals surface area contributed by atoms with Crippen molar-refractivity contribution in [1.29, 1.82) is 0 Å². The van der Waals surface area contributed by atoms with Gasteiger partial charge in [-0.1, -0.05) is 18.2 Å². The zero-order valence-corrected chi connectivity index (χ0v) is 14.8. The molecule has 152 valence electrons. The number of alkyl halides is 6. The van der Waals surface area contributed by atoms with Gasteiger partial charge in [0.15, 0.2) is 5.69 Å². The van der Waals surface area contributed by atoms with E-state index in [1.54, 1.807) is 6.07 Å². The van der Waals surface area contributed by atoms with Gasteiger partial charge < -0.3 is 0 Å². The van der Waals surface area contributed by atoms with E-state index < -0.39 is 23.6 Å². The molecule has 0 spiro atoms. The maximum atomic E-state index is 13.0. The summed E-state index contributed by atoms with van der Waals surface area (Å²) in [5.41, 5.74) is -0.149. The Morgan fingerprint density at radius 1 is 1.00 bits per heavy atom. The van der Waals surface area contributed by atoms with Crippen molar-refractivity contribution < 1.29 is 26.3 Å². The molecule has 4 rings (SSSR count). The molecule has 0 radical (unpaired) electrons. The smallest absolute Gasteiger partial charge is 0.219 e. The van der Waals surface area contributed by atoms with Crippen molar-refractivity contribution in [2.24, 2.45) is 0 Å². The van der Waals surface area contributed by atoms with E-state index in [9.17, 15) is 26.3 Å². The van der Waals surface area contributed by atoms with Gasteiger partial charge in [0.25, 0.3) is 5.95 Å². The molecule has 0 saturated heterocycles. The van der Waals surface area contributed by atoms with Gasteiger partial charge in [0.2, 0.25) is 0 Å². The van der Waals surface area contributed by atoms with E-state index in [0.29, 0.717) is 11.3 Å². The molecule has 0 N–H and O–H groups in total. The van der Waals surface area contributed by atoms with E-state index in [4.69, 9.17) is 0 Å². The predicted octanol–water partition coefficient (Wildman–Crippen LogP) is 5.17. The molecule has 0 unspecified atom stereocenters. The lowest BCUT2D eigenvalue weighted by Crippen LogP contribution is -2.11. The number of halogens is 6. The number of hydrogen-bond acceptors (Lipinski definition) is 3. The predicted molar refractivity (Wildman–Crippen MR) is 90.4 cm³/mol. The molecule has 0 bridgehead atoms. The Morgan fingerprint density at radius 3 is 2.38 bits per heavy atom. The van der Waals surface area contributed by atoms with E-state index in [-0.39, 0.29) is 18.3 Å². The quantitative estimate of drug-likeness (QED) is 0.556. The van der Waals surface area contributed by atoms with Gasteiger partial charge in [-0.2, -0.15) is 31.4 Å². The van der Waals surface area contributed by atoms with Crippen LogP contribution >= 0.6 is 0 Å². The summed E-state index contributed by atoms with van der Waals surface area (Å²) >= 11 is 0. The average Bonchev–Trinajstić information content (AvgIpc) is 3.35. The minimum absolute atomic E-state index is 0.0631. The Balaban J connectivity index is 1.69. The van der Waals surface area contributed by atoms with Crippen LogP contribution in [0.1, 0.15) is 46.8 Å². The van der Waals surface area contributed by atoms with Crippen LogP contribution in [0.2, 0.25) is 0 Å². The Kier molecular flexibility index (Phi) is 4.59. The van der Waals surface area contributed by atoms with Crippen molar-refractivity contribution in [3.8, 4) is 5.95 Å². The highest BCUT2D eigenvalue weighted by Gasteiger charge is 2.34. The standard InChI is InChI=1S/C19H14F6N4/c20-18(21,22)13-3-1-2-11(8-13)9-15-14(12-4-5-12)10-26-17(27-15)29-7-6-16(28-29)19(23,24)25/h1-3,6-8,10,12H,4-5,9H2. The molecule has 10 heteroatoms. The normalized spacial score (nSPS) is 15.0. The van der Waals surface area contributed by atoms with E-state index in [0.717, 1.165) is 47.5 Å². The third-order valence-electron chi connectivity index (χ3n) is 4.61. The second-order valence-electron chi connectivity index (χ2n) is 6.86. The molecule has 1 aliphatic carbocycles. The SMILES string of the molecule is FC(F)(F)c1cccc(Cc2nc(-n3ccc(C(F)(F)F)n3)ncc2C2CC2)c1. The molecular weight excluding hydrogens is 398 g/mol. The minimum Gasteiger partial charge on any atom is -0.219 e. The van der Waals surface area contributed by atoms with Crippen molar-refractivity contribution in [2.75, 3.05) is 0 Å². The molecular formula is C19H14F6N4.